The number of carbonyl (C=O) groups is 3. The first-order valence-electron chi connectivity index (χ1n) is 11.5. The smallest absolute Gasteiger partial charge is 0.356 e. The van der Waals surface area contributed by atoms with Crippen molar-refractivity contribution in [2.75, 3.05) is 19.8 Å². The van der Waals surface area contributed by atoms with Gasteiger partial charge in [0.1, 0.15) is 11.4 Å². The van der Waals surface area contributed by atoms with Gasteiger partial charge in [-0.1, -0.05) is 37.3 Å². The van der Waals surface area contributed by atoms with E-state index in [1.54, 1.807) is 24.3 Å². The van der Waals surface area contributed by atoms with Crippen molar-refractivity contribution in [2.45, 2.75) is 24.7 Å². The molecule has 0 saturated carbocycles. The second-order valence-corrected chi connectivity index (χ2v) is 9.53. The predicted molar refractivity (Wildman–Crippen MR) is 135 cm³/mol. The minimum absolute atomic E-state index is 0.0170. The molecule has 3 rings (SSSR count). The molecular formula is C26H27N3O7S. The van der Waals surface area contributed by atoms with E-state index in [4.69, 9.17) is 9.47 Å². The number of aromatic nitrogens is 1. The van der Waals surface area contributed by atoms with E-state index >= 15 is 0 Å². The van der Waals surface area contributed by atoms with Gasteiger partial charge in [0.2, 0.25) is 0 Å². The van der Waals surface area contributed by atoms with Crippen LogP contribution in [0.4, 0.5) is 0 Å². The maximum absolute atomic E-state index is 12.6. The fourth-order valence-corrected chi connectivity index (χ4v) is 4.03. The quantitative estimate of drug-likeness (QED) is 0.344. The molecule has 3 aromatic rings. The lowest BCUT2D eigenvalue weighted by Gasteiger charge is -2.09. The first-order valence-corrected chi connectivity index (χ1v) is 13.0. The maximum atomic E-state index is 12.6. The Morgan fingerprint density at radius 3 is 2.32 bits per heavy atom. The van der Waals surface area contributed by atoms with Crippen molar-refractivity contribution < 1.29 is 32.3 Å². The van der Waals surface area contributed by atoms with Crippen LogP contribution in [0.2, 0.25) is 0 Å². The Labute approximate surface area is 215 Å². The standard InChI is InChI=1S/C26H27N3O7S/c1-2-16-35-26(32)23-13-10-20(17-28-23)25(31)29-37(33,34)22-11-8-19(9-12-22)14-15-27-24(30)18-36-21-6-4-3-5-7-21/h3-13,17H,2,14-16,18H2,1H3,(H,27,30)(H,29,31). The number of sulfonamides is 1. The van der Waals surface area contributed by atoms with Crippen molar-refractivity contribution in [1.82, 2.24) is 15.0 Å². The number of para-hydroxylation sites is 1. The van der Waals surface area contributed by atoms with E-state index in [2.05, 4.69) is 10.3 Å². The van der Waals surface area contributed by atoms with Crippen LogP contribution in [0.25, 0.3) is 0 Å². The van der Waals surface area contributed by atoms with Crippen molar-refractivity contribution in [3.63, 3.8) is 0 Å². The number of nitrogens with zero attached hydrogens (tertiary/aromatic N) is 1. The van der Waals surface area contributed by atoms with Crippen molar-refractivity contribution in [1.29, 1.82) is 0 Å². The zero-order chi connectivity index (χ0) is 26.7. The summed E-state index contributed by atoms with van der Waals surface area (Å²) in [7, 11) is -4.14. The van der Waals surface area contributed by atoms with Gasteiger partial charge in [-0.2, -0.15) is 0 Å². The number of pyridine rings is 1. The van der Waals surface area contributed by atoms with Gasteiger partial charge in [0.25, 0.3) is 21.8 Å². The topological polar surface area (TPSA) is 141 Å². The lowest BCUT2D eigenvalue weighted by Crippen LogP contribution is -2.31. The Morgan fingerprint density at radius 2 is 1.68 bits per heavy atom. The molecule has 11 heteroatoms. The molecular weight excluding hydrogens is 498 g/mol. The molecule has 0 atom stereocenters. The summed E-state index contributed by atoms with van der Waals surface area (Å²) in [6.45, 7) is 2.33. The first kappa shape index (κ1) is 27.3. The fraction of sp³-hybridized carbons (Fsp3) is 0.231. The van der Waals surface area contributed by atoms with E-state index in [1.165, 1.54) is 24.3 Å². The van der Waals surface area contributed by atoms with Gasteiger partial charge in [0.05, 0.1) is 17.1 Å². The largest absolute Gasteiger partial charge is 0.484 e. The van der Waals surface area contributed by atoms with E-state index in [-0.39, 0.29) is 35.3 Å². The zero-order valence-electron chi connectivity index (χ0n) is 20.2. The van der Waals surface area contributed by atoms with Gasteiger partial charge in [-0.25, -0.2) is 22.9 Å². The number of hydrogen-bond acceptors (Lipinski definition) is 8. The highest BCUT2D eigenvalue weighted by molar-refractivity contribution is 7.90. The van der Waals surface area contributed by atoms with E-state index in [0.717, 1.165) is 11.8 Å². The molecule has 1 aromatic heterocycles. The van der Waals surface area contributed by atoms with Gasteiger partial charge in [-0.15, -0.1) is 0 Å². The van der Waals surface area contributed by atoms with Crippen LogP contribution in [0.5, 0.6) is 5.75 Å². The van der Waals surface area contributed by atoms with Crippen LogP contribution in [-0.4, -0.2) is 50.9 Å². The Hall–Kier alpha value is -4.25. The minimum atomic E-state index is -4.14. The Morgan fingerprint density at radius 1 is 0.946 bits per heavy atom. The summed E-state index contributed by atoms with van der Waals surface area (Å²) in [4.78, 5) is 39.9. The highest BCUT2D eigenvalue weighted by Gasteiger charge is 2.19. The summed E-state index contributed by atoms with van der Waals surface area (Å²) in [5.41, 5.74) is 0.784. The highest BCUT2D eigenvalue weighted by Crippen LogP contribution is 2.12. The number of esters is 1. The van der Waals surface area contributed by atoms with Crippen molar-refractivity contribution >= 4 is 27.8 Å². The Kier molecular flexibility index (Phi) is 9.73. The van der Waals surface area contributed by atoms with Crippen LogP contribution in [-0.2, 0) is 26.0 Å². The lowest BCUT2D eigenvalue weighted by atomic mass is 10.1. The number of benzene rings is 2. The molecule has 0 fully saturated rings. The van der Waals surface area contributed by atoms with Gasteiger partial charge in [-0.3, -0.25) is 9.59 Å². The molecule has 0 aliphatic rings. The molecule has 0 aliphatic carbocycles. The van der Waals surface area contributed by atoms with Gasteiger partial charge in [0, 0.05) is 12.7 Å². The van der Waals surface area contributed by atoms with Crippen LogP contribution in [0.15, 0.2) is 77.8 Å². The van der Waals surface area contributed by atoms with E-state index in [0.29, 0.717) is 25.1 Å². The third-order valence-electron chi connectivity index (χ3n) is 4.98. The van der Waals surface area contributed by atoms with E-state index < -0.39 is 21.9 Å². The van der Waals surface area contributed by atoms with Crippen molar-refractivity contribution in [3.05, 3.63) is 89.7 Å². The molecule has 2 aromatic carbocycles. The van der Waals surface area contributed by atoms with Crippen LogP contribution in [0, 0.1) is 0 Å². The van der Waals surface area contributed by atoms with E-state index in [9.17, 15) is 22.8 Å². The van der Waals surface area contributed by atoms with E-state index in [1.807, 2.05) is 29.8 Å². The third-order valence-corrected chi connectivity index (χ3v) is 6.33. The van der Waals surface area contributed by atoms with Crippen molar-refractivity contribution in [2.24, 2.45) is 0 Å². The molecule has 37 heavy (non-hydrogen) atoms. The maximum Gasteiger partial charge on any atom is 0.356 e. The van der Waals surface area contributed by atoms with Gasteiger partial charge in [-0.05, 0) is 54.8 Å². The molecule has 2 N–H and O–H groups in total. The molecule has 0 aliphatic heterocycles. The number of amides is 2. The Balaban J connectivity index is 1.48. The number of ether oxygens (including phenoxy) is 2. The number of carbonyl (C=O) groups excluding carboxylic acids is 3. The van der Waals surface area contributed by atoms with Crippen LogP contribution >= 0.6 is 0 Å². The summed E-state index contributed by atoms with van der Waals surface area (Å²) in [6, 6.07) is 17.5. The second kappa shape index (κ2) is 13.2. The summed E-state index contributed by atoms with van der Waals surface area (Å²) in [6.07, 6.45) is 2.24. The number of rotatable bonds is 12. The van der Waals surface area contributed by atoms with Gasteiger partial charge >= 0.3 is 5.97 Å². The summed E-state index contributed by atoms with van der Waals surface area (Å²) in [5.74, 6) is -1.18. The van der Waals surface area contributed by atoms with Gasteiger partial charge < -0.3 is 14.8 Å². The minimum Gasteiger partial charge on any atom is -0.484 e. The number of nitrogens with one attached hydrogen (secondary N) is 2. The molecule has 0 radical (unpaired) electrons. The summed E-state index contributed by atoms with van der Waals surface area (Å²) < 4.78 is 37.6. The Bertz CT molecular complexity index is 1310. The average Bonchev–Trinajstić information content (AvgIpc) is 2.91. The average molecular weight is 526 g/mol. The fourth-order valence-electron chi connectivity index (χ4n) is 3.06. The molecule has 0 bridgehead atoms. The monoisotopic (exact) mass is 525 g/mol. The molecule has 2 amide bonds. The normalized spacial score (nSPS) is 10.8. The molecule has 0 spiro atoms. The van der Waals surface area contributed by atoms with Gasteiger partial charge in [0.15, 0.2) is 6.61 Å². The zero-order valence-corrected chi connectivity index (χ0v) is 21.0. The molecule has 1 heterocycles. The summed E-state index contributed by atoms with van der Waals surface area (Å²) in [5, 5.41) is 2.74. The van der Waals surface area contributed by atoms with Crippen LogP contribution in [0.1, 0.15) is 39.8 Å². The SMILES string of the molecule is CCCOC(=O)c1ccc(C(=O)NS(=O)(=O)c2ccc(CCNC(=O)COc3ccccc3)cc2)cn1. The highest BCUT2D eigenvalue weighted by atomic mass is 32.2. The third kappa shape index (κ3) is 8.43. The van der Waals surface area contributed by atoms with Crippen molar-refractivity contribution in [3.8, 4) is 5.75 Å². The van der Waals surface area contributed by atoms with Crippen LogP contribution in [0.3, 0.4) is 0 Å². The molecule has 0 saturated heterocycles. The first-order chi connectivity index (χ1) is 17.8. The number of hydrogen-bond donors (Lipinski definition) is 2. The second-order valence-electron chi connectivity index (χ2n) is 7.85. The summed E-state index contributed by atoms with van der Waals surface area (Å²) >= 11 is 0. The molecule has 194 valence electrons. The molecule has 10 nitrogen and oxygen atoms in total. The van der Waals surface area contributed by atoms with Crippen LogP contribution < -0.4 is 14.8 Å². The molecule has 0 unspecified atom stereocenters. The predicted octanol–water partition coefficient (Wildman–Crippen LogP) is 2.50. The lowest BCUT2D eigenvalue weighted by molar-refractivity contribution is -0.123.